The number of anilines is 1. The number of rotatable bonds is 3. The predicted molar refractivity (Wildman–Crippen MR) is 98.9 cm³/mol. The lowest BCUT2D eigenvalue weighted by Crippen LogP contribution is -2.47. The van der Waals surface area contributed by atoms with Crippen LogP contribution in [0.3, 0.4) is 0 Å². The number of aliphatic hydroxyl groups excluding tert-OH is 2. The van der Waals surface area contributed by atoms with E-state index >= 15 is 0 Å². The molecule has 2 aromatic heterocycles. The molecule has 5 atom stereocenters. The average Bonchev–Trinajstić information content (AvgIpc) is 3.15. The molecule has 3 heterocycles. The molecule has 5 N–H and O–H groups in total. The van der Waals surface area contributed by atoms with Crippen molar-refractivity contribution in [3.8, 4) is 0 Å². The van der Waals surface area contributed by atoms with Gasteiger partial charge in [0.15, 0.2) is 6.23 Å². The van der Waals surface area contributed by atoms with Gasteiger partial charge >= 0.3 is 0 Å². The summed E-state index contributed by atoms with van der Waals surface area (Å²) >= 11 is 6.03. The highest BCUT2D eigenvalue weighted by atomic mass is 35.5. The summed E-state index contributed by atoms with van der Waals surface area (Å²) in [5.41, 5.74) is 4.57. The number of aromatic nitrogens is 3. The van der Waals surface area contributed by atoms with Gasteiger partial charge in [-0.3, -0.25) is 0 Å². The van der Waals surface area contributed by atoms with Crippen LogP contribution in [0.2, 0.25) is 5.02 Å². The van der Waals surface area contributed by atoms with Crippen LogP contribution >= 0.6 is 11.6 Å². The van der Waals surface area contributed by atoms with E-state index in [1.165, 1.54) is 23.9 Å². The molecule has 0 aliphatic carbocycles. The third-order valence-corrected chi connectivity index (χ3v) is 5.44. The van der Waals surface area contributed by atoms with Gasteiger partial charge in [-0.15, -0.1) is 0 Å². The van der Waals surface area contributed by atoms with E-state index in [4.69, 9.17) is 22.1 Å². The Balaban J connectivity index is 1.72. The molecule has 0 bridgehead atoms. The van der Waals surface area contributed by atoms with Crippen molar-refractivity contribution in [1.29, 1.82) is 0 Å². The van der Waals surface area contributed by atoms with Crippen LogP contribution in [0.15, 0.2) is 36.8 Å². The Morgan fingerprint density at radius 2 is 2.11 bits per heavy atom. The van der Waals surface area contributed by atoms with E-state index in [-0.39, 0.29) is 16.4 Å². The van der Waals surface area contributed by atoms with E-state index < -0.39 is 36.0 Å². The fraction of sp³-hybridized carbons (Fsp3) is 0.333. The molecule has 4 rings (SSSR count). The summed E-state index contributed by atoms with van der Waals surface area (Å²) < 4.78 is 20.7. The van der Waals surface area contributed by atoms with Crippen molar-refractivity contribution in [3.63, 3.8) is 0 Å². The maximum atomic E-state index is 13.3. The van der Waals surface area contributed by atoms with E-state index in [0.29, 0.717) is 11.0 Å². The summed E-state index contributed by atoms with van der Waals surface area (Å²) in [6.45, 7) is 1.35. The second-order valence-electron chi connectivity index (χ2n) is 6.95. The molecule has 1 aliphatic rings. The van der Waals surface area contributed by atoms with Crippen molar-refractivity contribution in [2.45, 2.75) is 37.1 Å². The lowest BCUT2D eigenvalue weighted by Gasteiger charge is -2.30. The van der Waals surface area contributed by atoms with E-state index in [0.717, 1.165) is 12.1 Å². The smallest absolute Gasteiger partial charge is 0.164 e. The largest absolute Gasteiger partial charge is 0.386 e. The Hall–Kier alpha value is -2.30. The molecule has 3 aromatic rings. The molecule has 1 aromatic carbocycles. The highest BCUT2D eigenvalue weighted by Crippen LogP contribution is 2.44. The number of hydrogen-bond donors (Lipinski definition) is 4. The number of benzene rings is 1. The Morgan fingerprint density at radius 1 is 1.36 bits per heavy atom. The van der Waals surface area contributed by atoms with E-state index in [2.05, 4.69) is 9.97 Å². The van der Waals surface area contributed by atoms with Crippen LogP contribution < -0.4 is 5.73 Å². The summed E-state index contributed by atoms with van der Waals surface area (Å²) in [5, 5.41) is 32.9. The van der Waals surface area contributed by atoms with Crippen LogP contribution in [-0.4, -0.2) is 47.7 Å². The number of aliphatic hydroxyl groups is 3. The van der Waals surface area contributed by atoms with Gasteiger partial charge in [0.2, 0.25) is 0 Å². The molecule has 0 saturated carbocycles. The van der Waals surface area contributed by atoms with Gasteiger partial charge in [0.1, 0.15) is 47.5 Å². The van der Waals surface area contributed by atoms with E-state index in [9.17, 15) is 19.7 Å². The van der Waals surface area contributed by atoms with E-state index in [1.54, 1.807) is 12.3 Å². The minimum absolute atomic E-state index is 0.0169. The normalized spacial score (nSPS) is 28.7. The van der Waals surface area contributed by atoms with Crippen LogP contribution in [0.25, 0.3) is 11.0 Å². The second kappa shape index (κ2) is 6.64. The number of nitrogens with zero attached hydrogens (tertiary/aromatic N) is 3. The number of hydrogen-bond acceptors (Lipinski definition) is 7. The molecule has 1 saturated heterocycles. The number of halogens is 2. The maximum absolute atomic E-state index is 13.3. The SMILES string of the molecule is C[C@@]1(O)[C@@H](C(O)c2ccc(F)cc2Cl)O[C@@H](n2ccc3c(N)ncnc32)[C@@H]1O. The molecular formula is C18H18ClFN4O4. The Morgan fingerprint density at radius 3 is 2.82 bits per heavy atom. The van der Waals surface area contributed by atoms with Gasteiger partial charge < -0.3 is 30.4 Å². The van der Waals surface area contributed by atoms with Crippen molar-refractivity contribution < 1.29 is 24.4 Å². The molecule has 1 fully saturated rings. The zero-order valence-corrected chi connectivity index (χ0v) is 15.5. The average molecular weight is 409 g/mol. The summed E-state index contributed by atoms with van der Waals surface area (Å²) in [4.78, 5) is 8.06. The summed E-state index contributed by atoms with van der Waals surface area (Å²) in [6.07, 6.45) is -2.24. The Bertz CT molecular complexity index is 1040. The molecule has 148 valence electrons. The second-order valence-corrected chi connectivity index (χ2v) is 7.35. The van der Waals surface area contributed by atoms with Crippen molar-refractivity contribution in [2.75, 3.05) is 5.73 Å². The number of ether oxygens (including phenoxy) is 1. The molecule has 0 amide bonds. The first-order valence-electron chi connectivity index (χ1n) is 8.47. The lowest BCUT2D eigenvalue weighted by molar-refractivity contribution is -0.114. The molecule has 8 nitrogen and oxygen atoms in total. The number of fused-ring (bicyclic) bond motifs is 1. The van der Waals surface area contributed by atoms with Crippen LogP contribution in [0.4, 0.5) is 10.2 Å². The fourth-order valence-corrected chi connectivity index (χ4v) is 3.81. The molecular weight excluding hydrogens is 391 g/mol. The van der Waals surface area contributed by atoms with Gasteiger partial charge in [-0.2, -0.15) is 0 Å². The molecule has 1 aliphatic heterocycles. The van der Waals surface area contributed by atoms with Gasteiger partial charge in [0.25, 0.3) is 0 Å². The standard InChI is InChI=1S/C18H18ClFN4O4/c1-18(27)13(26)17(24-5-4-10-15(21)22-7-23-16(10)24)28-14(18)12(25)9-3-2-8(20)6-11(9)19/h2-7,12-14,17,25-27H,1H3,(H2,21,22,23)/t12?,13-,14+,17+,18-/m0/s1. The van der Waals surface area contributed by atoms with Crippen LogP contribution in [-0.2, 0) is 4.74 Å². The molecule has 28 heavy (non-hydrogen) atoms. The van der Waals surface area contributed by atoms with Crippen molar-refractivity contribution in [3.05, 3.63) is 53.2 Å². The molecule has 10 heteroatoms. The van der Waals surface area contributed by atoms with Crippen molar-refractivity contribution in [2.24, 2.45) is 0 Å². The van der Waals surface area contributed by atoms with Gasteiger partial charge in [-0.05, 0) is 25.1 Å². The third-order valence-electron chi connectivity index (χ3n) is 5.11. The third kappa shape index (κ3) is 2.83. The quantitative estimate of drug-likeness (QED) is 0.517. The summed E-state index contributed by atoms with van der Waals surface area (Å²) in [7, 11) is 0. The fourth-order valence-electron chi connectivity index (χ4n) is 3.53. The first kappa shape index (κ1) is 19.0. The van der Waals surface area contributed by atoms with Gasteiger partial charge in [0.05, 0.1) is 5.39 Å². The topological polar surface area (TPSA) is 127 Å². The van der Waals surface area contributed by atoms with Crippen LogP contribution in [0.5, 0.6) is 0 Å². The molecule has 0 spiro atoms. The monoisotopic (exact) mass is 408 g/mol. The zero-order valence-electron chi connectivity index (χ0n) is 14.7. The molecule has 1 unspecified atom stereocenters. The molecule has 0 radical (unpaired) electrons. The Kier molecular flexibility index (Phi) is 4.52. The van der Waals surface area contributed by atoms with E-state index in [1.807, 2.05) is 0 Å². The van der Waals surface area contributed by atoms with Crippen LogP contribution in [0.1, 0.15) is 24.8 Å². The number of nitrogens with two attached hydrogens (primary N) is 1. The lowest BCUT2D eigenvalue weighted by atomic mass is 9.88. The maximum Gasteiger partial charge on any atom is 0.164 e. The van der Waals surface area contributed by atoms with Gasteiger partial charge in [-0.1, -0.05) is 17.7 Å². The Labute approximate surface area is 164 Å². The predicted octanol–water partition coefficient (Wildman–Crippen LogP) is 1.55. The minimum atomic E-state index is -1.84. The first-order valence-corrected chi connectivity index (χ1v) is 8.85. The first-order chi connectivity index (χ1) is 13.2. The number of nitrogen functional groups attached to an aromatic ring is 1. The highest BCUT2D eigenvalue weighted by Gasteiger charge is 2.56. The van der Waals surface area contributed by atoms with Gasteiger partial charge in [0, 0.05) is 16.8 Å². The summed E-state index contributed by atoms with van der Waals surface area (Å²) in [6, 6.07) is 5.16. The minimum Gasteiger partial charge on any atom is -0.386 e. The highest BCUT2D eigenvalue weighted by molar-refractivity contribution is 6.31. The zero-order chi connectivity index (χ0) is 20.2. The summed E-state index contributed by atoms with van der Waals surface area (Å²) in [5.74, 6) is -0.299. The van der Waals surface area contributed by atoms with Gasteiger partial charge in [-0.25, -0.2) is 14.4 Å². The van der Waals surface area contributed by atoms with Crippen molar-refractivity contribution in [1.82, 2.24) is 14.5 Å². The van der Waals surface area contributed by atoms with Crippen LogP contribution in [0, 0.1) is 5.82 Å². The van der Waals surface area contributed by atoms with Crippen molar-refractivity contribution >= 4 is 28.5 Å².